The van der Waals surface area contributed by atoms with Gasteiger partial charge in [0.15, 0.2) is 5.60 Å². The molecule has 0 fully saturated rings. The van der Waals surface area contributed by atoms with Crippen molar-refractivity contribution in [3.63, 3.8) is 0 Å². The van der Waals surface area contributed by atoms with E-state index >= 15 is 0 Å². The fourth-order valence-corrected chi connectivity index (χ4v) is 1.91. The Kier molecular flexibility index (Phi) is 2.53. The highest BCUT2D eigenvalue weighted by molar-refractivity contribution is 6.03. The van der Waals surface area contributed by atoms with Crippen molar-refractivity contribution in [2.75, 3.05) is 11.9 Å². The second-order valence-corrected chi connectivity index (χ2v) is 4.64. The van der Waals surface area contributed by atoms with Crippen LogP contribution in [0.4, 0.5) is 10.1 Å². The Hall–Kier alpha value is -2.11. The van der Waals surface area contributed by atoms with Crippen molar-refractivity contribution in [1.29, 1.82) is 0 Å². The molecule has 0 saturated heterocycles. The van der Waals surface area contributed by atoms with E-state index in [2.05, 4.69) is 0 Å². The molecule has 5 nitrogen and oxygen atoms in total. The van der Waals surface area contributed by atoms with E-state index in [0.717, 1.165) is 6.07 Å². The molecule has 1 aliphatic rings. The molecule has 0 bridgehead atoms. The highest BCUT2D eigenvalue weighted by Crippen LogP contribution is 2.38. The SMILES string of the molecule is CN1C(=O)C(C)(C)Oc2cc(F)c(C(N)=O)cc21. The Labute approximate surface area is 103 Å². The number of rotatable bonds is 1. The van der Waals surface area contributed by atoms with Crippen molar-refractivity contribution in [2.24, 2.45) is 5.73 Å². The fraction of sp³-hybridized carbons (Fsp3) is 0.333. The van der Waals surface area contributed by atoms with Crippen molar-refractivity contribution >= 4 is 17.5 Å². The van der Waals surface area contributed by atoms with Gasteiger partial charge in [0.05, 0.1) is 11.3 Å². The van der Waals surface area contributed by atoms with E-state index in [1.165, 1.54) is 18.0 Å². The predicted molar refractivity (Wildman–Crippen MR) is 63.0 cm³/mol. The lowest BCUT2D eigenvalue weighted by Gasteiger charge is -2.37. The van der Waals surface area contributed by atoms with Gasteiger partial charge in [0.25, 0.3) is 11.8 Å². The lowest BCUT2D eigenvalue weighted by atomic mass is 10.0. The number of primary amides is 1. The zero-order chi connectivity index (χ0) is 13.7. The Morgan fingerprint density at radius 1 is 1.44 bits per heavy atom. The second kappa shape index (κ2) is 3.69. The van der Waals surface area contributed by atoms with Crippen LogP contribution in [0.25, 0.3) is 0 Å². The van der Waals surface area contributed by atoms with E-state index < -0.39 is 17.3 Å². The number of nitrogens with zero attached hydrogens (tertiary/aromatic N) is 1. The van der Waals surface area contributed by atoms with Crippen molar-refractivity contribution < 1.29 is 18.7 Å². The molecule has 0 radical (unpaired) electrons. The molecular weight excluding hydrogens is 239 g/mol. The van der Waals surface area contributed by atoms with Gasteiger partial charge in [-0.15, -0.1) is 0 Å². The summed E-state index contributed by atoms with van der Waals surface area (Å²) in [6.45, 7) is 3.18. The van der Waals surface area contributed by atoms with Crippen molar-refractivity contribution in [2.45, 2.75) is 19.4 Å². The zero-order valence-corrected chi connectivity index (χ0v) is 10.3. The van der Waals surface area contributed by atoms with Gasteiger partial charge in [0.1, 0.15) is 11.6 Å². The van der Waals surface area contributed by atoms with Crippen LogP contribution in [0.5, 0.6) is 5.75 Å². The first-order valence-electron chi connectivity index (χ1n) is 5.34. The van der Waals surface area contributed by atoms with Gasteiger partial charge in [-0.2, -0.15) is 0 Å². The molecule has 2 N–H and O–H groups in total. The maximum atomic E-state index is 13.6. The molecule has 0 aliphatic carbocycles. The number of hydrogen-bond acceptors (Lipinski definition) is 3. The van der Waals surface area contributed by atoms with Gasteiger partial charge in [0.2, 0.25) is 0 Å². The van der Waals surface area contributed by atoms with E-state index in [1.54, 1.807) is 13.8 Å². The maximum Gasteiger partial charge on any atom is 0.270 e. The van der Waals surface area contributed by atoms with Crippen molar-refractivity contribution in [1.82, 2.24) is 0 Å². The third kappa shape index (κ3) is 1.70. The van der Waals surface area contributed by atoms with Gasteiger partial charge in [-0.25, -0.2) is 4.39 Å². The highest BCUT2D eigenvalue weighted by Gasteiger charge is 2.39. The normalized spacial score (nSPS) is 17.1. The highest BCUT2D eigenvalue weighted by atomic mass is 19.1. The number of anilines is 1. The van der Waals surface area contributed by atoms with E-state index in [0.29, 0.717) is 5.69 Å². The number of benzene rings is 1. The van der Waals surface area contributed by atoms with Crippen LogP contribution in [0, 0.1) is 5.82 Å². The quantitative estimate of drug-likeness (QED) is 0.812. The molecule has 6 heteroatoms. The molecule has 0 unspecified atom stereocenters. The number of halogens is 1. The molecule has 0 saturated carbocycles. The van der Waals surface area contributed by atoms with Crippen LogP contribution < -0.4 is 15.4 Å². The molecule has 1 aromatic carbocycles. The summed E-state index contributed by atoms with van der Waals surface area (Å²) < 4.78 is 19.1. The summed E-state index contributed by atoms with van der Waals surface area (Å²) >= 11 is 0. The minimum Gasteiger partial charge on any atom is -0.476 e. The van der Waals surface area contributed by atoms with Gasteiger partial charge >= 0.3 is 0 Å². The number of carbonyl (C=O) groups is 2. The summed E-state index contributed by atoms with van der Waals surface area (Å²) in [6.07, 6.45) is 0. The van der Waals surface area contributed by atoms with Gasteiger partial charge in [-0.3, -0.25) is 9.59 Å². The zero-order valence-electron chi connectivity index (χ0n) is 10.3. The van der Waals surface area contributed by atoms with Crippen LogP contribution in [0.2, 0.25) is 0 Å². The minimum atomic E-state index is -1.07. The van der Waals surface area contributed by atoms with Gasteiger partial charge in [-0.05, 0) is 19.9 Å². The molecule has 1 heterocycles. The third-order valence-corrected chi connectivity index (χ3v) is 2.86. The summed E-state index contributed by atoms with van der Waals surface area (Å²) in [6, 6.07) is 2.29. The Bertz CT molecular complexity index is 554. The van der Waals surface area contributed by atoms with Crippen LogP contribution in [-0.2, 0) is 4.79 Å². The molecule has 18 heavy (non-hydrogen) atoms. The number of carbonyl (C=O) groups excluding carboxylic acids is 2. The Morgan fingerprint density at radius 2 is 2.06 bits per heavy atom. The van der Waals surface area contributed by atoms with Gasteiger partial charge in [0, 0.05) is 13.1 Å². The number of ether oxygens (including phenoxy) is 1. The molecule has 0 aromatic heterocycles. The topological polar surface area (TPSA) is 72.6 Å². The lowest BCUT2D eigenvalue weighted by molar-refractivity contribution is -0.132. The molecule has 1 aliphatic heterocycles. The number of nitrogens with two attached hydrogens (primary N) is 1. The average Bonchev–Trinajstić information content (AvgIpc) is 2.24. The molecular formula is C12H13FN2O3. The summed E-state index contributed by atoms with van der Waals surface area (Å²) in [5.74, 6) is -1.72. The summed E-state index contributed by atoms with van der Waals surface area (Å²) in [4.78, 5) is 24.4. The lowest BCUT2D eigenvalue weighted by Crippen LogP contribution is -2.51. The van der Waals surface area contributed by atoms with E-state index in [4.69, 9.17) is 10.5 Å². The number of hydrogen-bond donors (Lipinski definition) is 1. The first kappa shape index (κ1) is 12.3. The number of likely N-dealkylation sites (N-methyl/N-ethyl adjacent to an activating group) is 1. The van der Waals surface area contributed by atoms with E-state index in [9.17, 15) is 14.0 Å². The summed E-state index contributed by atoms with van der Waals surface area (Å²) in [5, 5.41) is 0. The molecule has 2 rings (SSSR count). The molecule has 1 aromatic rings. The van der Waals surface area contributed by atoms with Gasteiger partial charge in [-0.1, -0.05) is 0 Å². The van der Waals surface area contributed by atoms with Crippen LogP contribution in [0.1, 0.15) is 24.2 Å². The molecule has 0 atom stereocenters. The second-order valence-electron chi connectivity index (χ2n) is 4.64. The van der Waals surface area contributed by atoms with Crippen LogP contribution in [0.15, 0.2) is 12.1 Å². The first-order valence-corrected chi connectivity index (χ1v) is 5.34. The molecule has 2 amide bonds. The predicted octanol–water partition coefficient (Wildman–Crippen LogP) is 1.06. The largest absolute Gasteiger partial charge is 0.476 e. The summed E-state index contributed by atoms with van der Waals surface area (Å²) in [5.41, 5.74) is 4.05. The van der Waals surface area contributed by atoms with Crippen molar-refractivity contribution in [3.8, 4) is 5.75 Å². The van der Waals surface area contributed by atoms with Gasteiger partial charge < -0.3 is 15.4 Å². The van der Waals surface area contributed by atoms with Crippen molar-refractivity contribution in [3.05, 3.63) is 23.5 Å². The smallest absolute Gasteiger partial charge is 0.270 e. The van der Waals surface area contributed by atoms with Crippen LogP contribution in [-0.4, -0.2) is 24.5 Å². The first-order chi connectivity index (χ1) is 8.24. The maximum absolute atomic E-state index is 13.6. The Morgan fingerprint density at radius 3 is 2.61 bits per heavy atom. The Balaban J connectivity index is 2.62. The van der Waals surface area contributed by atoms with Crippen LogP contribution >= 0.6 is 0 Å². The van der Waals surface area contributed by atoms with Crippen LogP contribution in [0.3, 0.4) is 0 Å². The number of amides is 2. The molecule has 0 spiro atoms. The minimum absolute atomic E-state index is 0.213. The van der Waals surface area contributed by atoms with E-state index in [1.807, 2.05) is 0 Å². The standard InChI is InChI=1S/C12H13FN2O3/c1-12(2)11(17)15(3)8-4-6(10(14)16)7(13)5-9(8)18-12/h4-5H,1-3H3,(H2,14,16). The average molecular weight is 252 g/mol. The monoisotopic (exact) mass is 252 g/mol. The summed E-state index contributed by atoms with van der Waals surface area (Å²) in [7, 11) is 1.54. The number of fused-ring (bicyclic) bond motifs is 1. The third-order valence-electron chi connectivity index (χ3n) is 2.86. The fourth-order valence-electron chi connectivity index (χ4n) is 1.91. The van der Waals surface area contributed by atoms with E-state index in [-0.39, 0.29) is 17.2 Å². The molecule has 96 valence electrons.